The highest BCUT2D eigenvalue weighted by Gasteiger charge is 2.24. The second kappa shape index (κ2) is 3.69. The Labute approximate surface area is 102 Å². The summed E-state index contributed by atoms with van der Waals surface area (Å²) in [5, 5.41) is 0. The van der Waals surface area contributed by atoms with Gasteiger partial charge in [-0.25, -0.2) is 9.97 Å². The summed E-state index contributed by atoms with van der Waals surface area (Å²) >= 11 is 0. The van der Waals surface area contributed by atoms with Crippen molar-refractivity contribution in [2.75, 3.05) is 0 Å². The van der Waals surface area contributed by atoms with Crippen LogP contribution >= 0.6 is 0 Å². The van der Waals surface area contributed by atoms with Gasteiger partial charge in [0.1, 0.15) is 5.69 Å². The van der Waals surface area contributed by atoms with Gasteiger partial charge in [-0.05, 0) is 12.1 Å². The SMILES string of the molecule is NC(=O)C1=C(N)Oc2nc3ccccc3nc2C1. The molecule has 6 heteroatoms. The van der Waals surface area contributed by atoms with Crippen LogP contribution in [0.15, 0.2) is 35.7 Å². The Kier molecular flexibility index (Phi) is 2.16. The first-order chi connectivity index (χ1) is 8.65. The van der Waals surface area contributed by atoms with E-state index >= 15 is 0 Å². The van der Waals surface area contributed by atoms with E-state index in [0.29, 0.717) is 17.1 Å². The van der Waals surface area contributed by atoms with Gasteiger partial charge >= 0.3 is 0 Å². The zero-order valence-electron chi connectivity index (χ0n) is 9.38. The van der Waals surface area contributed by atoms with Crippen molar-refractivity contribution in [1.82, 2.24) is 9.97 Å². The second-order valence-corrected chi connectivity index (χ2v) is 3.95. The number of rotatable bonds is 1. The van der Waals surface area contributed by atoms with Crippen molar-refractivity contribution in [2.45, 2.75) is 6.42 Å². The van der Waals surface area contributed by atoms with Crippen LogP contribution in [0.3, 0.4) is 0 Å². The van der Waals surface area contributed by atoms with Crippen LogP contribution in [0, 0.1) is 0 Å². The molecule has 1 amide bonds. The summed E-state index contributed by atoms with van der Waals surface area (Å²) in [7, 11) is 0. The van der Waals surface area contributed by atoms with Crippen LogP contribution in [0.4, 0.5) is 0 Å². The summed E-state index contributed by atoms with van der Waals surface area (Å²) in [6, 6.07) is 7.40. The van der Waals surface area contributed by atoms with Crippen LogP contribution in [0.25, 0.3) is 11.0 Å². The van der Waals surface area contributed by atoms with Crippen molar-refractivity contribution < 1.29 is 9.53 Å². The molecule has 0 saturated carbocycles. The zero-order chi connectivity index (χ0) is 12.7. The quantitative estimate of drug-likeness (QED) is 0.744. The number of hydrogen-bond acceptors (Lipinski definition) is 5. The molecule has 0 aliphatic carbocycles. The summed E-state index contributed by atoms with van der Waals surface area (Å²) in [4.78, 5) is 19.9. The van der Waals surface area contributed by atoms with Gasteiger partial charge < -0.3 is 16.2 Å². The van der Waals surface area contributed by atoms with Gasteiger partial charge in [-0.1, -0.05) is 12.1 Å². The van der Waals surface area contributed by atoms with E-state index in [4.69, 9.17) is 16.2 Å². The van der Waals surface area contributed by atoms with Crippen molar-refractivity contribution in [3.63, 3.8) is 0 Å². The molecule has 1 aromatic carbocycles. The van der Waals surface area contributed by atoms with Crippen molar-refractivity contribution in [2.24, 2.45) is 11.5 Å². The lowest BCUT2D eigenvalue weighted by atomic mass is 10.1. The lowest BCUT2D eigenvalue weighted by Crippen LogP contribution is -2.27. The normalized spacial score (nSPS) is 14.2. The fraction of sp³-hybridized carbons (Fsp3) is 0.0833. The number of primary amides is 1. The molecule has 1 aliphatic heterocycles. The fourth-order valence-corrected chi connectivity index (χ4v) is 1.85. The van der Waals surface area contributed by atoms with E-state index in [0.717, 1.165) is 5.52 Å². The average Bonchev–Trinajstić information content (AvgIpc) is 2.35. The molecule has 0 saturated heterocycles. The van der Waals surface area contributed by atoms with E-state index in [-0.39, 0.29) is 17.9 Å². The predicted octanol–water partition coefficient (Wildman–Crippen LogP) is 0.220. The fourth-order valence-electron chi connectivity index (χ4n) is 1.85. The molecule has 0 atom stereocenters. The minimum atomic E-state index is -0.604. The summed E-state index contributed by atoms with van der Waals surface area (Å²) < 4.78 is 5.30. The number of para-hydroxylation sites is 2. The first-order valence-corrected chi connectivity index (χ1v) is 5.37. The van der Waals surface area contributed by atoms with Crippen LogP contribution in [-0.2, 0) is 11.2 Å². The van der Waals surface area contributed by atoms with Crippen LogP contribution in [0.1, 0.15) is 5.69 Å². The predicted molar refractivity (Wildman–Crippen MR) is 64.3 cm³/mol. The monoisotopic (exact) mass is 242 g/mol. The molecule has 3 rings (SSSR count). The Balaban J connectivity index is 2.15. The van der Waals surface area contributed by atoms with Crippen LogP contribution < -0.4 is 16.2 Å². The number of carbonyl (C=O) groups excluding carboxylic acids is 1. The molecule has 18 heavy (non-hydrogen) atoms. The van der Waals surface area contributed by atoms with Crippen molar-refractivity contribution >= 4 is 16.9 Å². The maximum atomic E-state index is 11.2. The number of nitrogens with two attached hydrogens (primary N) is 2. The third-order valence-corrected chi connectivity index (χ3v) is 2.75. The van der Waals surface area contributed by atoms with Gasteiger partial charge in [0.2, 0.25) is 17.7 Å². The standard InChI is InChI=1S/C12H10N4O2/c13-10(17)6-5-9-12(18-11(6)14)16-8-4-2-1-3-7(8)15-9/h1-4H,5,14H2,(H2,13,17). The number of amides is 1. The van der Waals surface area contributed by atoms with E-state index in [1.54, 1.807) is 0 Å². The molecule has 1 aliphatic rings. The van der Waals surface area contributed by atoms with Gasteiger partial charge in [0, 0.05) is 6.42 Å². The average molecular weight is 242 g/mol. The van der Waals surface area contributed by atoms with E-state index in [9.17, 15) is 4.79 Å². The number of benzene rings is 1. The minimum absolute atomic E-state index is 0.000388. The van der Waals surface area contributed by atoms with E-state index in [1.165, 1.54) is 0 Å². The summed E-state index contributed by atoms with van der Waals surface area (Å²) in [5.41, 5.74) is 13.1. The van der Waals surface area contributed by atoms with Crippen molar-refractivity contribution in [3.05, 3.63) is 41.4 Å². The Morgan fingerprint density at radius 1 is 1.22 bits per heavy atom. The third-order valence-electron chi connectivity index (χ3n) is 2.75. The zero-order valence-corrected chi connectivity index (χ0v) is 9.38. The topological polar surface area (TPSA) is 104 Å². The molecule has 0 spiro atoms. The van der Waals surface area contributed by atoms with Gasteiger partial charge in [-0.15, -0.1) is 0 Å². The molecule has 0 radical (unpaired) electrons. The minimum Gasteiger partial charge on any atom is -0.421 e. The smallest absolute Gasteiger partial charge is 0.250 e. The Morgan fingerprint density at radius 3 is 2.56 bits per heavy atom. The molecular weight excluding hydrogens is 232 g/mol. The Bertz CT molecular complexity index is 694. The highest BCUT2D eigenvalue weighted by atomic mass is 16.5. The van der Waals surface area contributed by atoms with Crippen LogP contribution in [0.5, 0.6) is 5.88 Å². The summed E-state index contributed by atoms with van der Waals surface area (Å²) in [6.07, 6.45) is 0.244. The highest BCUT2D eigenvalue weighted by molar-refractivity contribution is 5.93. The molecular formula is C12H10N4O2. The van der Waals surface area contributed by atoms with Gasteiger partial charge in [0.25, 0.3) is 0 Å². The number of nitrogens with zero attached hydrogens (tertiary/aromatic N) is 2. The van der Waals surface area contributed by atoms with E-state index in [2.05, 4.69) is 9.97 Å². The van der Waals surface area contributed by atoms with Crippen LogP contribution in [-0.4, -0.2) is 15.9 Å². The van der Waals surface area contributed by atoms with Gasteiger partial charge in [0.15, 0.2) is 0 Å². The van der Waals surface area contributed by atoms with Crippen molar-refractivity contribution in [3.8, 4) is 5.88 Å². The first kappa shape index (κ1) is 10.5. The molecule has 6 nitrogen and oxygen atoms in total. The van der Waals surface area contributed by atoms with E-state index in [1.807, 2.05) is 24.3 Å². The third kappa shape index (κ3) is 1.55. The van der Waals surface area contributed by atoms with Crippen molar-refractivity contribution in [1.29, 1.82) is 0 Å². The molecule has 2 heterocycles. The Morgan fingerprint density at radius 2 is 1.89 bits per heavy atom. The molecule has 0 fully saturated rings. The maximum absolute atomic E-state index is 11.2. The Hall–Kier alpha value is -2.63. The summed E-state index contributed by atoms with van der Waals surface area (Å²) in [5.74, 6) is -0.274. The van der Waals surface area contributed by atoms with E-state index < -0.39 is 5.91 Å². The largest absolute Gasteiger partial charge is 0.421 e. The lowest BCUT2D eigenvalue weighted by Gasteiger charge is -2.17. The van der Waals surface area contributed by atoms with Gasteiger partial charge in [-0.3, -0.25) is 4.79 Å². The number of aromatic nitrogens is 2. The molecule has 0 unspecified atom stereocenters. The molecule has 90 valence electrons. The first-order valence-electron chi connectivity index (χ1n) is 5.37. The van der Waals surface area contributed by atoms with Gasteiger partial charge in [-0.2, -0.15) is 0 Å². The van der Waals surface area contributed by atoms with Crippen LogP contribution in [0.2, 0.25) is 0 Å². The molecule has 4 N–H and O–H groups in total. The second-order valence-electron chi connectivity index (χ2n) is 3.95. The molecule has 1 aromatic heterocycles. The number of hydrogen-bond donors (Lipinski definition) is 2. The van der Waals surface area contributed by atoms with Gasteiger partial charge in [0.05, 0.1) is 16.6 Å². The molecule has 0 bridgehead atoms. The lowest BCUT2D eigenvalue weighted by molar-refractivity contribution is -0.114. The number of fused-ring (bicyclic) bond motifs is 2. The maximum Gasteiger partial charge on any atom is 0.250 e. The highest BCUT2D eigenvalue weighted by Crippen LogP contribution is 2.27. The number of ether oxygens (including phenoxy) is 1. The summed E-state index contributed by atoms with van der Waals surface area (Å²) in [6.45, 7) is 0. The molecule has 2 aromatic rings. The number of carbonyl (C=O) groups is 1.